The van der Waals surface area contributed by atoms with Crippen LogP contribution >= 0.6 is 11.8 Å². The molecular weight excluding hydrogens is 398 g/mol. The van der Waals surface area contributed by atoms with Crippen molar-refractivity contribution < 1.29 is 15.0 Å². The number of aromatic hydroxyl groups is 1. The minimum Gasteiger partial charge on any atom is -0.502 e. The fraction of sp³-hybridized carbons (Fsp3) is 0.111. The molecule has 0 aliphatic rings. The number of benzene rings is 2. The molecule has 1 aromatic heterocycles. The highest BCUT2D eigenvalue weighted by atomic mass is 32.2. The molecule has 11 heteroatoms. The van der Waals surface area contributed by atoms with E-state index in [0.717, 1.165) is 27.2 Å². The van der Waals surface area contributed by atoms with Crippen LogP contribution in [0, 0.1) is 34.1 Å². The Labute approximate surface area is 168 Å². The van der Waals surface area contributed by atoms with Crippen LogP contribution in [-0.4, -0.2) is 31.4 Å². The van der Waals surface area contributed by atoms with Crippen LogP contribution in [0.25, 0.3) is 0 Å². The number of aromatic nitrogens is 2. The van der Waals surface area contributed by atoms with Crippen molar-refractivity contribution in [3.05, 3.63) is 73.6 Å². The summed E-state index contributed by atoms with van der Waals surface area (Å²) >= 11 is 1.44. The number of rotatable bonds is 6. The lowest BCUT2D eigenvalue weighted by molar-refractivity contribution is -0.394. The number of para-hydroxylation sites is 1. The monoisotopic (exact) mass is 413 g/mol. The second-order valence-corrected chi connectivity index (χ2v) is 7.06. The first-order valence-electron chi connectivity index (χ1n) is 8.26. The highest BCUT2D eigenvalue weighted by molar-refractivity contribution is 7.99. The van der Waals surface area contributed by atoms with Gasteiger partial charge in [0, 0.05) is 28.4 Å². The number of aliphatic imine (C=N–C) groups is 1. The molecule has 3 aromatic rings. The summed E-state index contributed by atoms with van der Waals surface area (Å²) in [6.45, 7) is 3.77. The second-order valence-electron chi connectivity index (χ2n) is 6.01. The summed E-state index contributed by atoms with van der Waals surface area (Å²) in [7, 11) is 0. The van der Waals surface area contributed by atoms with Gasteiger partial charge < -0.3 is 5.11 Å². The van der Waals surface area contributed by atoms with Gasteiger partial charge in [-0.15, -0.1) is 0 Å². The number of nitrogens with one attached hydrogen (secondary N) is 1. The Kier molecular flexibility index (Phi) is 5.59. The van der Waals surface area contributed by atoms with Crippen molar-refractivity contribution >= 4 is 35.0 Å². The van der Waals surface area contributed by atoms with Gasteiger partial charge in [0.15, 0.2) is 0 Å². The van der Waals surface area contributed by atoms with Crippen LogP contribution in [0.5, 0.6) is 5.75 Å². The molecule has 0 bridgehead atoms. The average molecular weight is 413 g/mol. The Morgan fingerprint density at radius 1 is 1.17 bits per heavy atom. The summed E-state index contributed by atoms with van der Waals surface area (Å²) in [5, 5.41) is 39.3. The molecule has 3 rings (SSSR count). The minimum atomic E-state index is -0.881. The van der Waals surface area contributed by atoms with E-state index in [4.69, 9.17) is 0 Å². The van der Waals surface area contributed by atoms with Gasteiger partial charge in [-0.2, -0.15) is 5.10 Å². The molecule has 29 heavy (non-hydrogen) atoms. The van der Waals surface area contributed by atoms with Gasteiger partial charge in [-0.3, -0.25) is 30.3 Å². The number of hydrogen-bond donors (Lipinski definition) is 2. The summed E-state index contributed by atoms with van der Waals surface area (Å²) in [5.74, 6) is -0.684. The molecule has 148 valence electrons. The van der Waals surface area contributed by atoms with Crippen molar-refractivity contribution in [1.29, 1.82) is 0 Å². The third-order valence-electron chi connectivity index (χ3n) is 3.99. The molecule has 0 saturated carbocycles. The Morgan fingerprint density at radius 3 is 2.52 bits per heavy atom. The number of aromatic amines is 1. The Bertz CT molecular complexity index is 1120. The molecule has 0 spiro atoms. The maximum absolute atomic E-state index is 11.1. The second kappa shape index (κ2) is 8.10. The Hall–Kier alpha value is -3.73. The molecule has 2 aromatic carbocycles. The van der Waals surface area contributed by atoms with Gasteiger partial charge in [0.2, 0.25) is 5.75 Å². The molecule has 0 fully saturated rings. The van der Waals surface area contributed by atoms with Gasteiger partial charge in [0.05, 0.1) is 32.2 Å². The van der Waals surface area contributed by atoms with E-state index in [-0.39, 0.29) is 5.56 Å². The van der Waals surface area contributed by atoms with E-state index in [9.17, 15) is 25.3 Å². The number of nitrogens with zero attached hydrogens (tertiary/aromatic N) is 4. The number of nitro groups is 2. The maximum Gasteiger partial charge on any atom is 0.318 e. The molecule has 0 atom stereocenters. The molecule has 0 amide bonds. The van der Waals surface area contributed by atoms with Crippen LogP contribution in [-0.2, 0) is 0 Å². The van der Waals surface area contributed by atoms with Gasteiger partial charge in [0.25, 0.3) is 5.69 Å². The molecule has 0 aliphatic carbocycles. The molecule has 0 unspecified atom stereocenters. The first-order valence-corrected chi connectivity index (χ1v) is 9.08. The zero-order valence-electron chi connectivity index (χ0n) is 15.3. The SMILES string of the molecule is Cc1n[nH]c(C)c1Sc1ccccc1N=Cc1cc([N+](=O)[O-])cc([N+](=O)[O-])c1O. The maximum atomic E-state index is 11.1. The molecule has 1 heterocycles. The van der Waals surface area contributed by atoms with E-state index in [0.29, 0.717) is 11.8 Å². The summed E-state index contributed by atoms with van der Waals surface area (Å²) in [6.07, 6.45) is 1.17. The summed E-state index contributed by atoms with van der Waals surface area (Å²) in [6, 6.07) is 8.92. The first-order chi connectivity index (χ1) is 13.8. The molecule has 0 saturated heterocycles. The minimum absolute atomic E-state index is 0.124. The molecule has 2 N–H and O–H groups in total. The van der Waals surface area contributed by atoms with Crippen LogP contribution in [0.4, 0.5) is 17.1 Å². The third-order valence-corrected chi connectivity index (χ3v) is 5.36. The number of phenols is 1. The zero-order chi connectivity index (χ0) is 21.1. The van der Waals surface area contributed by atoms with Crippen molar-refractivity contribution in [2.45, 2.75) is 23.6 Å². The first kappa shape index (κ1) is 20.0. The fourth-order valence-corrected chi connectivity index (χ4v) is 3.54. The normalized spacial score (nSPS) is 11.1. The van der Waals surface area contributed by atoms with Gasteiger partial charge in [-0.1, -0.05) is 23.9 Å². The number of H-pyrrole nitrogens is 1. The van der Waals surface area contributed by atoms with Crippen molar-refractivity contribution in [3.8, 4) is 5.75 Å². The van der Waals surface area contributed by atoms with Crippen molar-refractivity contribution in [1.82, 2.24) is 10.2 Å². The predicted octanol–water partition coefficient (Wildman–Crippen LogP) is 4.45. The topological polar surface area (TPSA) is 148 Å². The van der Waals surface area contributed by atoms with Gasteiger partial charge in [0.1, 0.15) is 0 Å². The molecule has 0 radical (unpaired) electrons. The summed E-state index contributed by atoms with van der Waals surface area (Å²) < 4.78 is 0. The molecule has 10 nitrogen and oxygen atoms in total. The number of aryl methyl sites for hydroxylation is 2. The van der Waals surface area contributed by atoms with Crippen LogP contribution in [0.15, 0.2) is 51.2 Å². The van der Waals surface area contributed by atoms with Gasteiger partial charge >= 0.3 is 5.69 Å². The van der Waals surface area contributed by atoms with E-state index < -0.39 is 27.0 Å². The van der Waals surface area contributed by atoms with Crippen molar-refractivity contribution in [3.63, 3.8) is 0 Å². The highest BCUT2D eigenvalue weighted by Crippen LogP contribution is 2.38. The third kappa shape index (κ3) is 4.24. The molecule has 0 aliphatic heterocycles. The van der Waals surface area contributed by atoms with E-state index in [1.54, 1.807) is 12.1 Å². The van der Waals surface area contributed by atoms with E-state index in [1.165, 1.54) is 18.0 Å². The van der Waals surface area contributed by atoms with Gasteiger partial charge in [-0.25, -0.2) is 0 Å². The summed E-state index contributed by atoms with van der Waals surface area (Å²) in [5.41, 5.74) is 0.875. The van der Waals surface area contributed by atoms with Crippen molar-refractivity contribution in [2.75, 3.05) is 0 Å². The van der Waals surface area contributed by atoms with Crippen LogP contribution in [0.3, 0.4) is 0 Å². The number of hydrogen-bond acceptors (Lipinski definition) is 8. The fourth-order valence-electron chi connectivity index (χ4n) is 2.56. The van der Waals surface area contributed by atoms with Crippen LogP contribution in [0.1, 0.15) is 17.0 Å². The van der Waals surface area contributed by atoms with E-state index >= 15 is 0 Å². The lowest BCUT2D eigenvalue weighted by Gasteiger charge is -2.06. The molecular formula is C18H15N5O5S. The van der Waals surface area contributed by atoms with Crippen molar-refractivity contribution in [2.24, 2.45) is 4.99 Å². The highest BCUT2D eigenvalue weighted by Gasteiger charge is 2.23. The Balaban J connectivity index is 2.01. The van der Waals surface area contributed by atoms with Crippen LogP contribution < -0.4 is 0 Å². The predicted molar refractivity (Wildman–Crippen MR) is 107 cm³/mol. The summed E-state index contributed by atoms with van der Waals surface area (Å²) in [4.78, 5) is 26.5. The van der Waals surface area contributed by atoms with Gasteiger partial charge in [-0.05, 0) is 26.0 Å². The quantitative estimate of drug-likeness (QED) is 0.344. The smallest absolute Gasteiger partial charge is 0.318 e. The van der Waals surface area contributed by atoms with Crippen LogP contribution in [0.2, 0.25) is 0 Å². The standard InChI is InChI=1S/C18H15N5O5S/c1-10-18(11(2)21-20-10)29-16-6-4-3-5-14(16)19-9-12-7-13(22(25)26)8-15(17(12)24)23(27)28/h3-9,24H,1-2H3,(H,20,21). The number of non-ortho nitro benzene ring substituents is 1. The number of nitro benzene ring substituents is 2. The lowest BCUT2D eigenvalue weighted by Crippen LogP contribution is -1.96. The number of phenolic OH excluding ortho intramolecular Hbond substituents is 1. The zero-order valence-corrected chi connectivity index (χ0v) is 16.1. The van der Waals surface area contributed by atoms with E-state index in [2.05, 4.69) is 15.2 Å². The Morgan fingerprint density at radius 2 is 1.90 bits per heavy atom. The lowest BCUT2D eigenvalue weighted by atomic mass is 10.1. The largest absolute Gasteiger partial charge is 0.502 e. The van der Waals surface area contributed by atoms with E-state index in [1.807, 2.05) is 26.0 Å². The average Bonchev–Trinajstić information content (AvgIpc) is 2.99.